The van der Waals surface area contributed by atoms with Crippen molar-refractivity contribution in [2.45, 2.75) is 13.0 Å². The topological polar surface area (TPSA) is 104 Å². The smallest absolute Gasteiger partial charge is 0.275 e. The second-order valence-corrected chi connectivity index (χ2v) is 6.82. The van der Waals surface area contributed by atoms with Crippen LogP contribution in [0.4, 0.5) is 0 Å². The van der Waals surface area contributed by atoms with Crippen LogP contribution in [0.3, 0.4) is 0 Å². The minimum Gasteiger partial charge on any atom is -0.367 e. The maximum Gasteiger partial charge on any atom is 0.275 e. The molecule has 0 aliphatic heterocycles. The summed E-state index contributed by atoms with van der Waals surface area (Å²) in [7, 11) is 0. The Kier molecular flexibility index (Phi) is 4.46. The van der Waals surface area contributed by atoms with Crippen molar-refractivity contribution in [3.63, 3.8) is 0 Å². The summed E-state index contributed by atoms with van der Waals surface area (Å²) in [6.07, 6.45) is 3.10. The predicted octanol–water partition coefficient (Wildman–Crippen LogP) is 2.09. The van der Waals surface area contributed by atoms with E-state index in [1.54, 1.807) is 30.6 Å². The van der Waals surface area contributed by atoms with Crippen LogP contribution in [0.15, 0.2) is 44.5 Å². The zero-order chi connectivity index (χ0) is 17.4. The fourth-order valence-corrected chi connectivity index (χ4v) is 3.13. The van der Waals surface area contributed by atoms with Gasteiger partial charge in [0, 0.05) is 22.3 Å². The summed E-state index contributed by atoms with van der Waals surface area (Å²) in [5.74, 6) is -0.650. The van der Waals surface area contributed by atoms with E-state index >= 15 is 0 Å². The Morgan fingerprint density at radius 2 is 1.88 bits per heavy atom. The highest BCUT2D eigenvalue weighted by molar-refractivity contribution is 9.11. The zero-order valence-corrected chi connectivity index (χ0v) is 15.6. The number of benzene rings is 1. The second kappa shape index (κ2) is 6.40. The highest BCUT2D eigenvalue weighted by Gasteiger charge is 2.26. The number of carbonyl (C=O) groups excluding carboxylic acids is 1. The molecule has 0 saturated heterocycles. The van der Waals surface area contributed by atoms with Gasteiger partial charge >= 0.3 is 0 Å². The molecule has 3 aromatic rings. The summed E-state index contributed by atoms with van der Waals surface area (Å²) >= 11 is 6.69. The molecule has 0 aliphatic carbocycles. The van der Waals surface area contributed by atoms with Crippen LogP contribution < -0.4 is 11.3 Å². The number of aryl methyl sites for hydroxylation is 1. The van der Waals surface area contributed by atoms with E-state index in [9.17, 15) is 9.59 Å². The summed E-state index contributed by atoms with van der Waals surface area (Å²) in [6.45, 7) is 1.82. The molecule has 3 rings (SSSR count). The van der Waals surface area contributed by atoms with E-state index < -0.39 is 17.5 Å². The van der Waals surface area contributed by atoms with E-state index in [0.717, 1.165) is 14.7 Å². The normalized spacial score (nSPS) is 12.3. The summed E-state index contributed by atoms with van der Waals surface area (Å²) in [5.41, 5.74) is 5.86. The summed E-state index contributed by atoms with van der Waals surface area (Å²) in [6, 6.07) is 3.96. The van der Waals surface area contributed by atoms with Gasteiger partial charge in [0.2, 0.25) is 5.91 Å². The van der Waals surface area contributed by atoms with Crippen LogP contribution in [0.25, 0.3) is 10.8 Å². The van der Waals surface area contributed by atoms with Crippen LogP contribution >= 0.6 is 31.9 Å². The first kappa shape index (κ1) is 16.7. The van der Waals surface area contributed by atoms with Crippen molar-refractivity contribution >= 4 is 48.5 Å². The zero-order valence-electron chi connectivity index (χ0n) is 12.4. The van der Waals surface area contributed by atoms with E-state index in [-0.39, 0.29) is 5.82 Å². The molecular formula is C15H11Br2N5O2. The quantitative estimate of drug-likeness (QED) is 0.655. The fourth-order valence-electron chi connectivity index (χ4n) is 2.27. The number of hydrogen-bond acceptors (Lipinski definition) is 5. The molecule has 122 valence electrons. The van der Waals surface area contributed by atoms with Gasteiger partial charge < -0.3 is 5.73 Å². The lowest BCUT2D eigenvalue weighted by Crippen LogP contribution is -2.37. The first-order chi connectivity index (χ1) is 11.4. The monoisotopic (exact) mass is 451 g/mol. The Labute approximate surface area is 153 Å². The summed E-state index contributed by atoms with van der Waals surface area (Å²) < 4.78 is 2.23. The Bertz CT molecular complexity index is 1000. The van der Waals surface area contributed by atoms with E-state index in [1.165, 1.54) is 0 Å². The number of rotatable bonds is 3. The maximum absolute atomic E-state index is 12.8. The molecule has 24 heavy (non-hydrogen) atoms. The first-order valence-corrected chi connectivity index (χ1v) is 8.42. The molecule has 1 aromatic carbocycles. The standard InChI is InChI=1S/C15H11Br2N5O2/c1-7-5-19-14(20-6-7)11(13(18)23)22-15(24)9-3-2-8(16)4-10(9)12(17)21-22/h2-6,11H,1H3,(H2,18,23). The predicted molar refractivity (Wildman–Crippen MR) is 95.5 cm³/mol. The summed E-state index contributed by atoms with van der Waals surface area (Å²) in [5, 5.41) is 5.21. The SMILES string of the molecule is Cc1cnc(C(C(N)=O)n2nc(Br)c3cc(Br)ccc3c2=O)nc1. The fraction of sp³-hybridized carbons (Fsp3) is 0.133. The molecule has 7 nitrogen and oxygen atoms in total. The molecule has 0 radical (unpaired) electrons. The molecule has 0 aliphatic rings. The van der Waals surface area contributed by atoms with Crippen molar-refractivity contribution in [2.75, 3.05) is 0 Å². The van der Waals surface area contributed by atoms with Gasteiger partial charge in [-0.25, -0.2) is 14.6 Å². The molecule has 2 heterocycles. The molecule has 0 fully saturated rings. The van der Waals surface area contributed by atoms with Crippen LogP contribution in [0, 0.1) is 6.92 Å². The Morgan fingerprint density at radius 1 is 1.21 bits per heavy atom. The minimum atomic E-state index is -1.19. The van der Waals surface area contributed by atoms with Gasteiger partial charge in [-0.15, -0.1) is 0 Å². The number of amides is 1. The molecule has 9 heteroatoms. The van der Waals surface area contributed by atoms with E-state index in [1.807, 2.05) is 6.92 Å². The van der Waals surface area contributed by atoms with Gasteiger partial charge in [-0.2, -0.15) is 5.10 Å². The number of primary amides is 1. The summed E-state index contributed by atoms with van der Waals surface area (Å²) in [4.78, 5) is 33.0. The van der Waals surface area contributed by atoms with Crippen LogP contribution in [0.2, 0.25) is 0 Å². The molecule has 0 spiro atoms. The highest BCUT2D eigenvalue weighted by Crippen LogP contribution is 2.24. The number of aromatic nitrogens is 4. The number of fused-ring (bicyclic) bond motifs is 1. The van der Waals surface area contributed by atoms with E-state index in [2.05, 4.69) is 46.9 Å². The van der Waals surface area contributed by atoms with Crippen molar-refractivity contribution in [2.24, 2.45) is 5.73 Å². The van der Waals surface area contributed by atoms with Gasteiger partial charge in [0.05, 0.1) is 5.39 Å². The minimum absolute atomic E-state index is 0.117. The number of carbonyl (C=O) groups is 1. The van der Waals surface area contributed by atoms with E-state index in [0.29, 0.717) is 15.4 Å². The van der Waals surface area contributed by atoms with Crippen molar-refractivity contribution in [1.82, 2.24) is 19.7 Å². The van der Waals surface area contributed by atoms with Crippen LogP contribution in [0.5, 0.6) is 0 Å². The van der Waals surface area contributed by atoms with Crippen molar-refractivity contribution in [3.8, 4) is 0 Å². The highest BCUT2D eigenvalue weighted by atomic mass is 79.9. The second-order valence-electron chi connectivity index (χ2n) is 5.15. The average molecular weight is 453 g/mol. The lowest BCUT2D eigenvalue weighted by atomic mass is 10.2. The number of halogens is 2. The molecule has 2 N–H and O–H groups in total. The molecule has 1 amide bonds. The third-order valence-electron chi connectivity index (χ3n) is 3.40. The van der Waals surface area contributed by atoms with Crippen LogP contribution in [-0.2, 0) is 4.79 Å². The van der Waals surface area contributed by atoms with Gasteiger partial charge in [-0.3, -0.25) is 9.59 Å². The lowest BCUT2D eigenvalue weighted by Gasteiger charge is -2.15. The number of nitrogens with two attached hydrogens (primary N) is 1. The average Bonchev–Trinajstić information content (AvgIpc) is 2.54. The largest absolute Gasteiger partial charge is 0.367 e. The third kappa shape index (κ3) is 2.96. The number of nitrogens with zero attached hydrogens (tertiary/aromatic N) is 4. The Morgan fingerprint density at radius 3 is 2.50 bits per heavy atom. The van der Waals surface area contributed by atoms with Crippen LogP contribution in [0.1, 0.15) is 17.4 Å². The third-order valence-corrected chi connectivity index (χ3v) is 4.48. The molecular weight excluding hydrogens is 442 g/mol. The van der Waals surface area contributed by atoms with Gasteiger partial charge in [0.15, 0.2) is 11.9 Å². The molecule has 0 bridgehead atoms. The Balaban J connectivity index is 2.28. The maximum atomic E-state index is 12.8. The molecule has 1 atom stereocenters. The van der Waals surface area contributed by atoms with Gasteiger partial charge in [-0.1, -0.05) is 15.9 Å². The van der Waals surface area contributed by atoms with Gasteiger partial charge in [-0.05, 0) is 46.6 Å². The van der Waals surface area contributed by atoms with Crippen LogP contribution in [-0.4, -0.2) is 25.7 Å². The van der Waals surface area contributed by atoms with E-state index in [4.69, 9.17) is 5.73 Å². The number of hydrogen-bond donors (Lipinski definition) is 1. The lowest BCUT2D eigenvalue weighted by molar-refractivity contribution is -0.120. The van der Waals surface area contributed by atoms with Crippen molar-refractivity contribution < 1.29 is 4.79 Å². The molecule has 2 aromatic heterocycles. The van der Waals surface area contributed by atoms with Gasteiger partial charge in [0.1, 0.15) is 4.60 Å². The van der Waals surface area contributed by atoms with Crippen molar-refractivity contribution in [3.05, 3.63) is 61.4 Å². The first-order valence-electron chi connectivity index (χ1n) is 6.84. The Hall–Kier alpha value is -2.13. The molecule has 1 unspecified atom stereocenters. The van der Waals surface area contributed by atoms with Gasteiger partial charge in [0.25, 0.3) is 5.56 Å². The van der Waals surface area contributed by atoms with Crippen molar-refractivity contribution in [1.29, 1.82) is 0 Å². The molecule has 0 saturated carbocycles.